The minimum atomic E-state index is -0.473. The number of ether oxygens (including phenoxy) is 1. The average Bonchev–Trinajstić information content (AvgIpc) is 3.47. The molecule has 1 N–H and O–H groups in total. The van der Waals surface area contributed by atoms with Gasteiger partial charge in [0.05, 0.1) is 24.2 Å². The van der Waals surface area contributed by atoms with Crippen LogP contribution in [0.5, 0.6) is 0 Å². The summed E-state index contributed by atoms with van der Waals surface area (Å²) >= 11 is 0. The average molecular weight is 627 g/mol. The molecule has 2 saturated carbocycles. The number of carbonyl (C=O) groups excluding carboxylic acids is 3. The third-order valence-electron chi connectivity index (χ3n) is 10.7. The topological polar surface area (TPSA) is 88.7 Å². The molecule has 0 bridgehead atoms. The molecule has 0 spiro atoms. The zero-order valence-electron chi connectivity index (χ0n) is 28.1. The van der Waals surface area contributed by atoms with Crippen molar-refractivity contribution in [2.75, 3.05) is 39.3 Å². The Morgan fingerprint density at radius 2 is 1.16 bits per heavy atom. The van der Waals surface area contributed by atoms with Crippen molar-refractivity contribution >= 4 is 18.2 Å². The number of hydrogen-bond acceptors (Lipinski definition) is 5. The highest BCUT2D eigenvalue weighted by Gasteiger charge is 2.50. The second-order valence-corrected chi connectivity index (χ2v) is 14.8. The highest BCUT2D eigenvalue weighted by atomic mass is 16.6. The molecule has 6 fully saturated rings. The predicted molar refractivity (Wildman–Crippen MR) is 177 cm³/mol. The van der Waals surface area contributed by atoms with Gasteiger partial charge < -0.3 is 34.6 Å². The van der Waals surface area contributed by atoms with Crippen LogP contribution < -0.4 is 5.32 Å². The number of amides is 5. The van der Waals surface area contributed by atoms with Crippen LogP contribution in [0.1, 0.15) is 97.8 Å². The molecule has 0 radical (unpaired) electrons. The van der Waals surface area contributed by atoms with E-state index in [2.05, 4.69) is 33.2 Å². The lowest BCUT2D eigenvalue weighted by Gasteiger charge is -2.40. The zero-order valence-corrected chi connectivity index (χ0v) is 28.1. The Hall–Kier alpha value is -2.75. The van der Waals surface area contributed by atoms with Crippen molar-refractivity contribution in [2.24, 2.45) is 0 Å². The molecular weight excluding hydrogens is 568 g/mol. The summed E-state index contributed by atoms with van der Waals surface area (Å²) in [5.74, 6) is 0. The van der Waals surface area contributed by atoms with Crippen molar-refractivity contribution in [2.45, 2.75) is 140 Å². The molecule has 252 valence electrons. The lowest BCUT2D eigenvalue weighted by Crippen LogP contribution is -2.51. The van der Waals surface area contributed by atoms with E-state index in [0.717, 1.165) is 51.6 Å². The summed E-state index contributed by atoms with van der Waals surface area (Å²) < 4.78 is 5.48. The SMILES string of the molecule is C=CCN1C(=O)N(C2CCN(C(=O)OC(C)(C)C)CC2)[C@H]2CCCC[C@@H]21.C=CCN1C(=O)N(C2CCNCC2)[C@H]2CCCC[C@@H]21. The summed E-state index contributed by atoms with van der Waals surface area (Å²) in [5.41, 5.74) is -0.473. The second-order valence-electron chi connectivity index (χ2n) is 14.8. The van der Waals surface area contributed by atoms with Gasteiger partial charge in [0.2, 0.25) is 0 Å². The maximum Gasteiger partial charge on any atom is 0.410 e. The van der Waals surface area contributed by atoms with Gasteiger partial charge in [-0.1, -0.05) is 37.8 Å². The first-order valence-electron chi connectivity index (χ1n) is 17.7. The van der Waals surface area contributed by atoms with Crippen LogP contribution in [0.3, 0.4) is 0 Å². The van der Waals surface area contributed by atoms with Gasteiger partial charge in [0.1, 0.15) is 5.60 Å². The monoisotopic (exact) mass is 626 g/mol. The maximum absolute atomic E-state index is 13.1. The van der Waals surface area contributed by atoms with Crippen LogP contribution >= 0.6 is 0 Å². The fourth-order valence-electron chi connectivity index (χ4n) is 8.72. The molecule has 5 amide bonds. The Labute approximate surface area is 271 Å². The summed E-state index contributed by atoms with van der Waals surface area (Å²) in [6, 6.07) is 2.67. The van der Waals surface area contributed by atoms with Crippen molar-refractivity contribution in [3.8, 4) is 0 Å². The quantitative estimate of drug-likeness (QED) is 0.388. The third kappa shape index (κ3) is 7.47. The molecular formula is C35H58N6O4. The number of hydrogen-bond donors (Lipinski definition) is 1. The number of carbonyl (C=O) groups is 3. The first-order valence-corrected chi connectivity index (χ1v) is 17.7. The van der Waals surface area contributed by atoms with Gasteiger partial charge in [-0.25, -0.2) is 14.4 Å². The Morgan fingerprint density at radius 3 is 1.58 bits per heavy atom. The van der Waals surface area contributed by atoms with Crippen LogP contribution in [0.2, 0.25) is 0 Å². The van der Waals surface area contributed by atoms with Crippen LogP contribution in [-0.2, 0) is 4.74 Å². The molecule has 4 saturated heterocycles. The largest absolute Gasteiger partial charge is 0.444 e. The molecule has 0 unspecified atom stereocenters. The van der Waals surface area contributed by atoms with Crippen molar-refractivity contribution in [3.63, 3.8) is 0 Å². The molecule has 4 aliphatic heterocycles. The van der Waals surface area contributed by atoms with Gasteiger partial charge in [-0.3, -0.25) is 0 Å². The van der Waals surface area contributed by atoms with E-state index < -0.39 is 5.60 Å². The minimum Gasteiger partial charge on any atom is -0.444 e. The normalized spacial score (nSPS) is 29.6. The number of likely N-dealkylation sites (tertiary alicyclic amines) is 1. The van der Waals surface area contributed by atoms with Gasteiger partial charge in [0, 0.05) is 38.3 Å². The van der Waals surface area contributed by atoms with Crippen molar-refractivity contribution in [3.05, 3.63) is 25.3 Å². The van der Waals surface area contributed by atoms with Gasteiger partial charge in [0.15, 0.2) is 0 Å². The molecule has 4 atom stereocenters. The van der Waals surface area contributed by atoms with Crippen molar-refractivity contribution in [1.29, 1.82) is 0 Å². The van der Waals surface area contributed by atoms with Crippen LogP contribution in [-0.4, -0.2) is 124 Å². The first-order chi connectivity index (χ1) is 21.6. The van der Waals surface area contributed by atoms with Crippen LogP contribution in [0, 0.1) is 0 Å². The van der Waals surface area contributed by atoms with Crippen molar-refractivity contribution < 1.29 is 19.1 Å². The minimum absolute atomic E-state index is 0.164. The maximum atomic E-state index is 13.1. The van der Waals surface area contributed by atoms with Crippen LogP contribution in [0.25, 0.3) is 0 Å². The van der Waals surface area contributed by atoms with E-state index in [1.54, 1.807) is 4.90 Å². The predicted octanol–water partition coefficient (Wildman–Crippen LogP) is 5.59. The molecule has 45 heavy (non-hydrogen) atoms. The Balaban J connectivity index is 0.000000186. The second kappa shape index (κ2) is 14.8. The van der Waals surface area contributed by atoms with E-state index in [0.29, 0.717) is 56.4 Å². The molecule has 0 aromatic rings. The lowest BCUT2D eigenvalue weighted by molar-refractivity contribution is 0.0151. The molecule has 10 nitrogen and oxygen atoms in total. The summed E-state index contributed by atoms with van der Waals surface area (Å²) in [5, 5.41) is 3.39. The standard InChI is InChI=1S/C20H33N3O3.C15H25N3O/c1-5-12-22-16-8-6-7-9-17(16)23(18(22)24)15-10-13-21(14-11-15)19(25)26-20(2,3)4;1-2-11-17-13-5-3-4-6-14(13)18(15(17)19)12-7-9-16-10-8-12/h5,15-17H,1,6-14H2,2-4H3;2,12-14,16H,1,3-11H2/t16-,17-;13-,14-/m00/s1. The van der Waals surface area contributed by atoms with Gasteiger partial charge in [0.25, 0.3) is 0 Å². The Kier molecular flexibility index (Phi) is 11.0. The van der Waals surface area contributed by atoms with Gasteiger partial charge >= 0.3 is 18.2 Å². The number of nitrogens with zero attached hydrogens (tertiary/aromatic N) is 5. The van der Waals surface area contributed by atoms with Gasteiger partial charge in [-0.15, -0.1) is 13.2 Å². The lowest BCUT2D eigenvalue weighted by atomic mass is 9.88. The van der Waals surface area contributed by atoms with E-state index in [4.69, 9.17) is 4.74 Å². The molecule has 0 aromatic carbocycles. The highest BCUT2D eigenvalue weighted by Crippen LogP contribution is 2.38. The van der Waals surface area contributed by atoms with E-state index >= 15 is 0 Å². The Morgan fingerprint density at radius 1 is 0.733 bits per heavy atom. The van der Waals surface area contributed by atoms with E-state index in [1.807, 2.05) is 37.8 Å². The van der Waals surface area contributed by atoms with Crippen LogP contribution in [0.4, 0.5) is 14.4 Å². The first kappa shape index (κ1) is 33.6. The Bertz CT molecular complexity index is 1060. The van der Waals surface area contributed by atoms with Crippen LogP contribution in [0.15, 0.2) is 25.3 Å². The molecule has 10 heteroatoms. The summed E-state index contributed by atoms with van der Waals surface area (Å²) in [7, 11) is 0. The van der Waals surface area contributed by atoms with E-state index in [9.17, 15) is 14.4 Å². The van der Waals surface area contributed by atoms with E-state index in [1.165, 1.54) is 38.5 Å². The van der Waals surface area contributed by atoms with Crippen molar-refractivity contribution in [1.82, 2.24) is 29.8 Å². The van der Waals surface area contributed by atoms with Gasteiger partial charge in [-0.2, -0.15) is 0 Å². The smallest absolute Gasteiger partial charge is 0.410 e. The zero-order chi connectivity index (χ0) is 32.1. The van der Waals surface area contributed by atoms with Gasteiger partial charge in [-0.05, 0) is 85.2 Å². The number of rotatable bonds is 6. The number of nitrogens with one attached hydrogen (secondary N) is 1. The molecule has 2 aliphatic carbocycles. The number of piperidine rings is 2. The fraction of sp³-hybridized carbons (Fsp3) is 0.800. The highest BCUT2D eigenvalue weighted by molar-refractivity contribution is 5.79. The number of fused-ring (bicyclic) bond motifs is 2. The molecule has 6 rings (SSSR count). The molecule has 4 heterocycles. The summed E-state index contributed by atoms with van der Waals surface area (Å²) in [4.78, 5) is 48.3. The summed E-state index contributed by atoms with van der Waals surface area (Å²) in [6.45, 7) is 18.0. The number of urea groups is 2. The summed E-state index contributed by atoms with van der Waals surface area (Å²) in [6.07, 6.45) is 16.8. The third-order valence-corrected chi connectivity index (χ3v) is 10.7. The fourth-order valence-corrected chi connectivity index (χ4v) is 8.72. The molecule has 0 aromatic heterocycles. The van der Waals surface area contributed by atoms with E-state index in [-0.39, 0.29) is 24.2 Å². The molecule has 6 aliphatic rings.